The quantitative estimate of drug-likeness (QED) is 0.648. The Bertz CT molecular complexity index is 572. The molecule has 19 heavy (non-hydrogen) atoms. The minimum atomic E-state index is 0.0743. The predicted octanol–water partition coefficient (Wildman–Crippen LogP) is 4.16. The number of nitrogens with two attached hydrogens (primary N) is 1. The molecule has 0 bridgehead atoms. The van der Waals surface area contributed by atoms with E-state index in [1.807, 2.05) is 31.2 Å². The van der Waals surface area contributed by atoms with Gasteiger partial charge in [-0.05, 0) is 48.2 Å². The monoisotopic (exact) mass is 338 g/mol. The first kappa shape index (κ1) is 14.5. The van der Waals surface area contributed by atoms with Crippen molar-refractivity contribution in [3.05, 3.63) is 68.7 Å². The van der Waals surface area contributed by atoms with Crippen LogP contribution in [0.4, 0.5) is 0 Å². The van der Waals surface area contributed by atoms with Crippen molar-refractivity contribution < 1.29 is 0 Å². The minimum absolute atomic E-state index is 0.0743. The van der Waals surface area contributed by atoms with Crippen LogP contribution >= 0.6 is 27.5 Å². The molecule has 2 rings (SSSR count). The summed E-state index contributed by atoms with van der Waals surface area (Å²) in [7, 11) is 0. The zero-order valence-electron chi connectivity index (χ0n) is 10.7. The Kier molecular flexibility index (Phi) is 4.99. The molecule has 0 aromatic heterocycles. The largest absolute Gasteiger partial charge is 0.271 e. The second kappa shape index (κ2) is 6.53. The Balaban J connectivity index is 2.22. The molecule has 0 fully saturated rings. The van der Waals surface area contributed by atoms with Crippen LogP contribution in [0.15, 0.2) is 46.9 Å². The van der Waals surface area contributed by atoms with E-state index in [4.69, 9.17) is 17.4 Å². The summed E-state index contributed by atoms with van der Waals surface area (Å²) in [6.07, 6.45) is 0.830. The Hall–Kier alpha value is -0.870. The van der Waals surface area contributed by atoms with E-state index >= 15 is 0 Å². The number of rotatable bonds is 4. The van der Waals surface area contributed by atoms with Crippen molar-refractivity contribution in [2.45, 2.75) is 19.4 Å². The SMILES string of the molecule is Cc1cc(C(Cc2cccc(Br)c2)NN)ccc1Cl. The van der Waals surface area contributed by atoms with Crippen LogP contribution in [0.2, 0.25) is 5.02 Å². The van der Waals surface area contributed by atoms with Crippen LogP contribution in [0.3, 0.4) is 0 Å². The topological polar surface area (TPSA) is 38.0 Å². The maximum atomic E-state index is 6.05. The molecule has 0 spiro atoms. The lowest BCUT2D eigenvalue weighted by atomic mass is 9.98. The molecule has 2 nitrogen and oxygen atoms in total. The van der Waals surface area contributed by atoms with E-state index in [2.05, 4.69) is 39.6 Å². The molecule has 1 unspecified atom stereocenters. The summed E-state index contributed by atoms with van der Waals surface area (Å²) >= 11 is 9.53. The van der Waals surface area contributed by atoms with Crippen LogP contribution in [0.25, 0.3) is 0 Å². The molecule has 0 aliphatic heterocycles. The number of hydrazine groups is 1. The van der Waals surface area contributed by atoms with E-state index in [9.17, 15) is 0 Å². The molecule has 0 radical (unpaired) electrons. The predicted molar refractivity (Wildman–Crippen MR) is 84.1 cm³/mol. The molecule has 1 atom stereocenters. The lowest BCUT2D eigenvalue weighted by Crippen LogP contribution is -2.29. The zero-order valence-corrected chi connectivity index (χ0v) is 13.0. The van der Waals surface area contributed by atoms with Crippen molar-refractivity contribution in [3.8, 4) is 0 Å². The van der Waals surface area contributed by atoms with E-state index in [1.54, 1.807) is 0 Å². The second-order valence-electron chi connectivity index (χ2n) is 4.56. The van der Waals surface area contributed by atoms with Gasteiger partial charge in [0, 0.05) is 15.5 Å². The average molecular weight is 340 g/mol. The molecule has 0 aliphatic rings. The lowest BCUT2D eigenvalue weighted by Gasteiger charge is -2.17. The zero-order chi connectivity index (χ0) is 13.8. The molecule has 0 saturated heterocycles. The van der Waals surface area contributed by atoms with Gasteiger partial charge in [0.25, 0.3) is 0 Å². The third kappa shape index (κ3) is 3.80. The summed E-state index contributed by atoms with van der Waals surface area (Å²) in [6, 6.07) is 14.3. The van der Waals surface area contributed by atoms with Gasteiger partial charge in [0.2, 0.25) is 0 Å². The number of aryl methyl sites for hydroxylation is 1. The van der Waals surface area contributed by atoms with Crippen LogP contribution in [0.1, 0.15) is 22.7 Å². The fourth-order valence-corrected chi connectivity index (χ4v) is 2.62. The maximum Gasteiger partial charge on any atom is 0.0500 e. The third-order valence-corrected chi connectivity index (χ3v) is 4.03. The van der Waals surface area contributed by atoms with Gasteiger partial charge in [0.05, 0.1) is 0 Å². The smallest absolute Gasteiger partial charge is 0.0500 e. The average Bonchev–Trinajstić information content (AvgIpc) is 2.39. The first-order chi connectivity index (χ1) is 9.10. The van der Waals surface area contributed by atoms with E-state index < -0.39 is 0 Å². The summed E-state index contributed by atoms with van der Waals surface area (Å²) in [6.45, 7) is 2.00. The fourth-order valence-electron chi connectivity index (χ4n) is 2.06. The van der Waals surface area contributed by atoms with E-state index in [0.717, 1.165) is 27.0 Å². The molecule has 2 aromatic carbocycles. The van der Waals surface area contributed by atoms with Gasteiger partial charge in [0.15, 0.2) is 0 Å². The highest BCUT2D eigenvalue weighted by molar-refractivity contribution is 9.10. The minimum Gasteiger partial charge on any atom is -0.271 e. The van der Waals surface area contributed by atoms with Crippen molar-refractivity contribution in [2.75, 3.05) is 0 Å². The number of hydrogen-bond acceptors (Lipinski definition) is 2. The summed E-state index contributed by atoms with van der Waals surface area (Å²) in [4.78, 5) is 0. The Labute approximate surface area is 127 Å². The first-order valence-corrected chi connectivity index (χ1v) is 7.24. The van der Waals surface area contributed by atoms with E-state index in [-0.39, 0.29) is 6.04 Å². The number of hydrogen-bond donors (Lipinski definition) is 2. The lowest BCUT2D eigenvalue weighted by molar-refractivity contribution is 0.551. The van der Waals surface area contributed by atoms with Gasteiger partial charge >= 0.3 is 0 Å². The molecular weight excluding hydrogens is 324 g/mol. The van der Waals surface area contributed by atoms with Crippen molar-refractivity contribution in [3.63, 3.8) is 0 Å². The van der Waals surface area contributed by atoms with Crippen molar-refractivity contribution in [1.82, 2.24) is 5.43 Å². The van der Waals surface area contributed by atoms with Gasteiger partial charge in [-0.25, -0.2) is 0 Å². The normalized spacial score (nSPS) is 12.4. The van der Waals surface area contributed by atoms with Crippen molar-refractivity contribution in [2.24, 2.45) is 5.84 Å². The van der Waals surface area contributed by atoms with Crippen molar-refractivity contribution >= 4 is 27.5 Å². The van der Waals surface area contributed by atoms with Gasteiger partial charge in [-0.3, -0.25) is 11.3 Å². The van der Waals surface area contributed by atoms with Gasteiger partial charge in [-0.1, -0.05) is 51.8 Å². The fraction of sp³-hybridized carbons (Fsp3) is 0.200. The highest BCUT2D eigenvalue weighted by atomic mass is 79.9. The molecule has 100 valence electrons. The molecule has 0 saturated carbocycles. The number of halogens is 2. The van der Waals surface area contributed by atoms with Gasteiger partial charge in [-0.15, -0.1) is 0 Å². The molecule has 0 aliphatic carbocycles. The Morgan fingerprint density at radius 2 is 2.05 bits per heavy atom. The first-order valence-electron chi connectivity index (χ1n) is 6.07. The standard InChI is InChI=1S/C15H16BrClN2/c1-10-7-12(5-6-14(10)17)15(19-18)9-11-3-2-4-13(16)8-11/h2-8,15,19H,9,18H2,1H3. The summed E-state index contributed by atoms with van der Waals surface area (Å²) < 4.78 is 1.08. The second-order valence-corrected chi connectivity index (χ2v) is 5.88. The van der Waals surface area contributed by atoms with Gasteiger partial charge in [0.1, 0.15) is 0 Å². The molecule has 3 N–H and O–H groups in total. The number of benzene rings is 2. The molecular formula is C15H16BrClN2. The molecule has 4 heteroatoms. The van der Waals surface area contributed by atoms with Crippen LogP contribution < -0.4 is 11.3 Å². The summed E-state index contributed by atoms with van der Waals surface area (Å²) in [5.74, 6) is 5.68. The van der Waals surface area contributed by atoms with Crippen LogP contribution in [0, 0.1) is 6.92 Å². The summed E-state index contributed by atoms with van der Waals surface area (Å²) in [5, 5.41) is 0.780. The van der Waals surface area contributed by atoms with E-state index in [1.165, 1.54) is 5.56 Å². The van der Waals surface area contributed by atoms with Crippen LogP contribution in [-0.2, 0) is 6.42 Å². The van der Waals surface area contributed by atoms with Crippen LogP contribution in [-0.4, -0.2) is 0 Å². The van der Waals surface area contributed by atoms with Gasteiger partial charge < -0.3 is 0 Å². The third-order valence-electron chi connectivity index (χ3n) is 3.11. The highest BCUT2D eigenvalue weighted by Crippen LogP contribution is 2.24. The van der Waals surface area contributed by atoms with E-state index in [0.29, 0.717) is 0 Å². The molecule has 0 amide bonds. The Morgan fingerprint density at radius 3 is 2.68 bits per heavy atom. The van der Waals surface area contributed by atoms with Crippen LogP contribution in [0.5, 0.6) is 0 Å². The van der Waals surface area contributed by atoms with Gasteiger partial charge in [-0.2, -0.15) is 0 Å². The highest BCUT2D eigenvalue weighted by Gasteiger charge is 2.11. The maximum absolute atomic E-state index is 6.05. The molecule has 2 aromatic rings. The molecule has 0 heterocycles. The number of nitrogens with one attached hydrogen (secondary N) is 1. The van der Waals surface area contributed by atoms with Crippen molar-refractivity contribution in [1.29, 1.82) is 0 Å². The Morgan fingerprint density at radius 1 is 1.26 bits per heavy atom. The summed E-state index contributed by atoms with van der Waals surface area (Å²) in [5.41, 5.74) is 6.31.